The highest BCUT2D eigenvalue weighted by Crippen LogP contribution is 2.27. The van der Waals surface area contributed by atoms with Gasteiger partial charge in [-0.25, -0.2) is 4.98 Å². The van der Waals surface area contributed by atoms with Crippen molar-refractivity contribution in [1.29, 1.82) is 0 Å². The van der Waals surface area contributed by atoms with Crippen molar-refractivity contribution in [2.45, 2.75) is 13.3 Å². The summed E-state index contributed by atoms with van der Waals surface area (Å²) >= 11 is 0. The molecule has 0 saturated carbocycles. The Labute approximate surface area is 157 Å². The molecule has 4 rings (SSSR count). The number of ether oxygens (including phenoxy) is 1. The topological polar surface area (TPSA) is 44.1 Å². The van der Waals surface area contributed by atoms with E-state index in [9.17, 15) is 4.79 Å². The molecule has 0 saturated heterocycles. The summed E-state index contributed by atoms with van der Waals surface area (Å²) in [7, 11) is 1.59. The Morgan fingerprint density at radius 1 is 0.963 bits per heavy atom. The molecule has 0 unspecified atom stereocenters. The van der Waals surface area contributed by atoms with Crippen molar-refractivity contribution in [2.24, 2.45) is 0 Å². The molecule has 134 valence electrons. The highest BCUT2D eigenvalue weighted by molar-refractivity contribution is 5.95. The zero-order chi connectivity index (χ0) is 18.8. The van der Waals surface area contributed by atoms with Crippen molar-refractivity contribution in [3.8, 4) is 22.8 Å². The highest BCUT2D eigenvalue weighted by Gasteiger charge is 2.15. The van der Waals surface area contributed by atoms with Crippen LogP contribution in [-0.4, -0.2) is 16.7 Å². The van der Waals surface area contributed by atoms with E-state index in [0.29, 0.717) is 11.3 Å². The SMILES string of the molecule is CCc1cc2cccc(-c3cccc(OC)n3)c2c(=O)n1-c1ccccc1. The second-order valence-electron chi connectivity index (χ2n) is 6.30. The van der Waals surface area contributed by atoms with E-state index < -0.39 is 0 Å². The van der Waals surface area contributed by atoms with E-state index in [1.165, 1.54) is 0 Å². The number of aromatic nitrogens is 2. The zero-order valence-electron chi connectivity index (χ0n) is 15.3. The molecule has 0 spiro atoms. The Balaban J connectivity index is 2.07. The van der Waals surface area contributed by atoms with Gasteiger partial charge in [-0.3, -0.25) is 9.36 Å². The number of fused-ring (bicyclic) bond motifs is 1. The first-order valence-electron chi connectivity index (χ1n) is 8.97. The summed E-state index contributed by atoms with van der Waals surface area (Å²) in [6, 6.07) is 23.3. The van der Waals surface area contributed by atoms with Crippen LogP contribution in [0, 0.1) is 0 Å². The zero-order valence-corrected chi connectivity index (χ0v) is 15.3. The van der Waals surface area contributed by atoms with Crippen molar-refractivity contribution in [3.05, 3.63) is 88.8 Å². The van der Waals surface area contributed by atoms with Gasteiger partial charge in [0.15, 0.2) is 0 Å². The normalized spacial score (nSPS) is 10.9. The van der Waals surface area contributed by atoms with Crippen LogP contribution in [0.1, 0.15) is 12.6 Å². The second kappa shape index (κ2) is 7.08. The molecule has 0 aliphatic rings. The Morgan fingerprint density at radius 2 is 1.74 bits per heavy atom. The number of hydrogen-bond acceptors (Lipinski definition) is 3. The van der Waals surface area contributed by atoms with Crippen molar-refractivity contribution in [2.75, 3.05) is 7.11 Å². The Hall–Kier alpha value is -3.40. The van der Waals surface area contributed by atoms with Crippen LogP contribution in [-0.2, 0) is 6.42 Å². The molecule has 2 aromatic heterocycles. The first-order valence-corrected chi connectivity index (χ1v) is 8.97. The van der Waals surface area contributed by atoms with Crippen LogP contribution < -0.4 is 10.3 Å². The van der Waals surface area contributed by atoms with Crippen molar-refractivity contribution in [3.63, 3.8) is 0 Å². The first-order chi connectivity index (χ1) is 13.2. The maximum atomic E-state index is 13.6. The van der Waals surface area contributed by atoms with Gasteiger partial charge in [0.05, 0.1) is 18.2 Å². The predicted octanol–water partition coefficient (Wildman–Crippen LogP) is 4.62. The minimum Gasteiger partial charge on any atom is -0.481 e. The summed E-state index contributed by atoms with van der Waals surface area (Å²) in [5, 5.41) is 1.59. The average molecular weight is 356 g/mol. The lowest BCUT2D eigenvalue weighted by molar-refractivity contribution is 0.398. The molecule has 0 amide bonds. The molecule has 0 aliphatic heterocycles. The molecular formula is C23H20N2O2. The van der Waals surface area contributed by atoms with Gasteiger partial charge < -0.3 is 4.74 Å². The Kier molecular flexibility index (Phi) is 4.47. The molecule has 2 aromatic carbocycles. The van der Waals surface area contributed by atoms with Gasteiger partial charge in [-0.05, 0) is 36.1 Å². The number of nitrogens with zero attached hydrogens (tertiary/aromatic N) is 2. The smallest absolute Gasteiger partial charge is 0.263 e. The lowest BCUT2D eigenvalue weighted by Gasteiger charge is -2.15. The number of pyridine rings is 2. The summed E-state index contributed by atoms with van der Waals surface area (Å²) in [4.78, 5) is 18.1. The molecule has 4 aromatic rings. The quantitative estimate of drug-likeness (QED) is 0.536. The molecule has 0 aliphatic carbocycles. The average Bonchev–Trinajstić information content (AvgIpc) is 2.73. The van der Waals surface area contributed by atoms with Crippen LogP contribution in [0.15, 0.2) is 77.6 Å². The summed E-state index contributed by atoms with van der Waals surface area (Å²) in [5.74, 6) is 0.526. The van der Waals surface area contributed by atoms with Crippen LogP contribution >= 0.6 is 0 Å². The number of para-hydroxylation sites is 1. The fourth-order valence-electron chi connectivity index (χ4n) is 3.43. The van der Waals surface area contributed by atoms with E-state index in [-0.39, 0.29) is 5.56 Å². The van der Waals surface area contributed by atoms with E-state index in [2.05, 4.69) is 18.0 Å². The molecule has 4 heteroatoms. The van der Waals surface area contributed by atoms with Gasteiger partial charge in [0.2, 0.25) is 5.88 Å². The van der Waals surface area contributed by atoms with E-state index in [0.717, 1.165) is 34.4 Å². The third-order valence-corrected chi connectivity index (χ3v) is 4.71. The minimum atomic E-state index is -0.0317. The lowest BCUT2D eigenvalue weighted by Crippen LogP contribution is -2.22. The predicted molar refractivity (Wildman–Crippen MR) is 109 cm³/mol. The van der Waals surface area contributed by atoms with Crippen LogP contribution in [0.2, 0.25) is 0 Å². The molecule has 0 N–H and O–H groups in total. The maximum absolute atomic E-state index is 13.6. The summed E-state index contributed by atoms with van der Waals surface area (Å²) in [6.07, 6.45) is 0.766. The molecule has 27 heavy (non-hydrogen) atoms. The molecular weight excluding hydrogens is 336 g/mol. The maximum Gasteiger partial charge on any atom is 0.263 e. The number of benzene rings is 2. The Bertz CT molecular complexity index is 1160. The fourth-order valence-corrected chi connectivity index (χ4v) is 3.43. The number of aryl methyl sites for hydroxylation is 1. The molecule has 0 fully saturated rings. The number of methoxy groups -OCH3 is 1. The molecule has 4 nitrogen and oxygen atoms in total. The molecule has 0 bridgehead atoms. The third kappa shape index (κ3) is 2.99. The van der Waals surface area contributed by atoms with Crippen LogP contribution in [0.3, 0.4) is 0 Å². The number of rotatable bonds is 4. The number of hydrogen-bond donors (Lipinski definition) is 0. The van der Waals surface area contributed by atoms with Crippen LogP contribution in [0.4, 0.5) is 0 Å². The van der Waals surface area contributed by atoms with Gasteiger partial charge in [-0.15, -0.1) is 0 Å². The second-order valence-corrected chi connectivity index (χ2v) is 6.30. The van der Waals surface area contributed by atoms with Crippen LogP contribution in [0.25, 0.3) is 27.7 Å². The van der Waals surface area contributed by atoms with E-state index >= 15 is 0 Å². The van der Waals surface area contributed by atoms with Gasteiger partial charge in [0, 0.05) is 23.0 Å². The standard InChI is InChI=1S/C23H20N2O2/c1-3-17-15-16-9-7-12-19(20-13-8-14-21(24-20)27-2)22(16)23(26)25(17)18-10-5-4-6-11-18/h4-15H,3H2,1-2H3. The molecule has 0 radical (unpaired) electrons. The monoisotopic (exact) mass is 356 g/mol. The molecule has 2 heterocycles. The highest BCUT2D eigenvalue weighted by atomic mass is 16.5. The van der Waals surface area contributed by atoms with Gasteiger partial charge >= 0.3 is 0 Å². The van der Waals surface area contributed by atoms with Gasteiger partial charge in [-0.2, -0.15) is 0 Å². The molecule has 0 atom stereocenters. The fraction of sp³-hybridized carbons (Fsp3) is 0.130. The van der Waals surface area contributed by atoms with E-state index in [4.69, 9.17) is 4.74 Å². The Morgan fingerprint density at radius 3 is 2.48 bits per heavy atom. The summed E-state index contributed by atoms with van der Waals surface area (Å²) < 4.78 is 7.05. The lowest BCUT2D eigenvalue weighted by atomic mass is 10.0. The van der Waals surface area contributed by atoms with Crippen LogP contribution in [0.5, 0.6) is 5.88 Å². The van der Waals surface area contributed by atoms with Crippen molar-refractivity contribution in [1.82, 2.24) is 9.55 Å². The minimum absolute atomic E-state index is 0.0317. The van der Waals surface area contributed by atoms with Gasteiger partial charge in [-0.1, -0.05) is 49.4 Å². The third-order valence-electron chi connectivity index (χ3n) is 4.71. The van der Waals surface area contributed by atoms with Gasteiger partial charge in [0.1, 0.15) is 0 Å². The van der Waals surface area contributed by atoms with Gasteiger partial charge in [0.25, 0.3) is 5.56 Å². The van der Waals surface area contributed by atoms with Crippen molar-refractivity contribution >= 4 is 10.8 Å². The summed E-state index contributed by atoms with van der Waals surface area (Å²) in [5.41, 5.74) is 3.35. The largest absolute Gasteiger partial charge is 0.481 e. The summed E-state index contributed by atoms with van der Waals surface area (Å²) in [6.45, 7) is 2.06. The van der Waals surface area contributed by atoms with Crippen molar-refractivity contribution < 1.29 is 4.74 Å². The van der Waals surface area contributed by atoms with E-state index in [1.54, 1.807) is 17.7 Å². The first kappa shape index (κ1) is 17.0. The van der Waals surface area contributed by atoms with E-state index in [1.807, 2.05) is 60.7 Å².